The average Bonchev–Trinajstić information content (AvgIpc) is 3.77. The molecule has 4 nitrogen and oxygen atoms in total. The van der Waals surface area contributed by atoms with Crippen LogP contribution in [0.25, 0.3) is 98.5 Å². The highest BCUT2D eigenvalue weighted by Crippen LogP contribution is 2.41. The van der Waals surface area contributed by atoms with Gasteiger partial charge in [-0.3, -0.25) is 0 Å². The van der Waals surface area contributed by atoms with E-state index in [1.54, 1.807) is 11.3 Å². The first-order valence-corrected chi connectivity index (χ1v) is 17.4. The van der Waals surface area contributed by atoms with Crippen LogP contribution in [0.4, 0.5) is 0 Å². The van der Waals surface area contributed by atoms with Gasteiger partial charge in [-0.25, -0.2) is 15.0 Å². The Kier molecular flexibility index (Phi) is 6.64. The molecule has 0 saturated heterocycles. The van der Waals surface area contributed by atoms with E-state index in [-0.39, 0.29) is 0 Å². The zero-order chi connectivity index (χ0) is 33.0. The number of rotatable bonds is 5. The molecule has 0 radical (unpaired) electrons. The standard InChI is InChI=1S/C45H27N3OS/c1-3-11-28(12-4-1)29-21-23-30(24-22-29)32-25-26-37-36(27-32)41-34(16-9-18-38(41)49-37)44-46-43(31-13-5-2-6-14-31)47-45(48-44)35-17-10-20-40-42(35)33-15-7-8-19-39(33)50-40/h1-27H. The minimum Gasteiger partial charge on any atom is -0.456 e. The van der Waals surface area contributed by atoms with Gasteiger partial charge in [0, 0.05) is 47.6 Å². The van der Waals surface area contributed by atoms with Crippen LogP contribution in [0.2, 0.25) is 0 Å². The fourth-order valence-electron chi connectivity index (χ4n) is 6.97. The fourth-order valence-corrected chi connectivity index (χ4v) is 8.10. The Morgan fingerprint density at radius 1 is 0.360 bits per heavy atom. The molecule has 0 fully saturated rings. The second kappa shape index (κ2) is 11.6. The number of aromatic nitrogens is 3. The van der Waals surface area contributed by atoms with Crippen molar-refractivity contribution in [1.29, 1.82) is 0 Å². The summed E-state index contributed by atoms with van der Waals surface area (Å²) in [4.78, 5) is 15.5. The molecule has 0 amide bonds. The number of benzene rings is 7. The van der Waals surface area contributed by atoms with Crippen molar-refractivity contribution >= 4 is 53.4 Å². The minimum absolute atomic E-state index is 0.608. The van der Waals surface area contributed by atoms with E-state index in [4.69, 9.17) is 19.4 Å². The molecule has 234 valence electrons. The first kappa shape index (κ1) is 28.6. The zero-order valence-electron chi connectivity index (χ0n) is 26.7. The number of nitrogens with zero attached hydrogens (tertiary/aromatic N) is 3. The van der Waals surface area contributed by atoms with E-state index in [2.05, 4.69) is 115 Å². The number of thiophene rings is 1. The van der Waals surface area contributed by atoms with Gasteiger partial charge in [-0.15, -0.1) is 11.3 Å². The van der Waals surface area contributed by atoms with Crippen molar-refractivity contribution in [3.8, 4) is 56.4 Å². The predicted molar refractivity (Wildman–Crippen MR) is 207 cm³/mol. The van der Waals surface area contributed by atoms with Gasteiger partial charge in [-0.05, 0) is 52.6 Å². The SMILES string of the molecule is c1ccc(-c2ccc(-c3ccc4oc5cccc(-c6nc(-c7ccccc7)nc(-c7cccc8sc9ccccc9c78)n6)c5c4c3)cc2)cc1. The third kappa shape index (κ3) is 4.79. The van der Waals surface area contributed by atoms with Crippen molar-refractivity contribution in [2.45, 2.75) is 0 Å². The summed E-state index contributed by atoms with van der Waals surface area (Å²) in [5.41, 5.74) is 9.10. The van der Waals surface area contributed by atoms with Crippen LogP contribution in [0.5, 0.6) is 0 Å². The topological polar surface area (TPSA) is 51.8 Å². The maximum absolute atomic E-state index is 6.44. The molecule has 5 heteroatoms. The van der Waals surface area contributed by atoms with Crippen LogP contribution in [0.15, 0.2) is 168 Å². The van der Waals surface area contributed by atoms with E-state index in [0.717, 1.165) is 49.8 Å². The van der Waals surface area contributed by atoms with Gasteiger partial charge < -0.3 is 4.42 Å². The molecule has 0 bridgehead atoms. The van der Waals surface area contributed by atoms with Gasteiger partial charge in [0.2, 0.25) is 0 Å². The second-order valence-electron chi connectivity index (χ2n) is 12.4. The second-order valence-corrected chi connectivity index (χ2v) is 13.5. The van der Waals surface area contributed by atoms with Crippen molar-refractivity contribution in [3.05, 3.63) is 164 Å². The van der Waals surface area contributed by atoms with Crippen LogP contribution in [-0.4, -0.2) is 15.0 Å². The monoisotopic (exact) mass is 657 g/mol. The van der Waals surface area contributed by atoms with E-state index in [1.165, 1.54) is 31.3 Å². The van der Waals surface area contributed by atoms with Crippen molar-refractivity contribution in [1.82, 2.24) is 15.0 Å². The largest absolute Gasteiger partial charge is 0.456 e. The van der Waals surface area contributed by atoms with Crippen LogP contribution in [0.1, 0.15) is 0 Å². The van der Waals surface area contributed by atoms with Crippen LogP contribution in [-0.2, 0) is 0 Å². The summed E-state index contributed by atoms with van der Waals surface area (Å²) in [5.74, 6) is 1.88. The van der Waals surface area contributed by atoms with Crippen LogP contribution >= 0.6 is 11.3 Å². The quantitative estimate of drug-likeness (QED) is 0.185. The number of fused-ring (bicyclic) bond motifs is 6. The molecule has 0 spiro atoms. The van der Waals surface area contributed by atoms with Crippen LogP contribution in [0.3, 0.4) is 0 Å². The maximum atomic E-state index is 6.44. The Balaban J connectivity index is 1.17. The Bertz CT molecular complexity index is 2860. The van der Waals surface area contributed by atoms with Gasteiger partial charge in [0.15, 0.2) is 17.5 Å². The van der Waals surface area contributed by atoms with Crippen molar-refractivity contribution in [3.63, 3.8) is 0 Å². The zero-order valence-corrected chi connectivity index (χ0v) is 27.6. The molecule has 10 aromatic rings. The molecule has 0 saturated carbocycles. The molecule has 0 aliphatic carbocycles. The molecule has 50 heavy (non-hydrogen) atoms. The normalized spacial score (nSPS) is 11.6. The summed E-state index contributed by atoms with van der Waals surface area (Å²) < 4.78 is 8.89. The Morgan fingerprint density at radius 2 is 0.920 bits per heavy atom. The Hall–Kier alpha value is -6.43. The molecule has 3 aromatic heterocycles. The van der Waals surface area contributed by atoms with Gasteiger partial charge in [-0.2, -0.15) is 0 Å². The molecular formula is C45H27N3OS. The third-order valence-electron chi connectivity index (χ3n) is 9.37. The van der Waals surface area contributed by atoms with E-state index in [9.17, 15) is 0 Å². The Morgan fingerprint density at radius 3 is 1.68 bits per heavy atom. The van der Waals surface area contributed by atoms with Crippen LogP contribution in [0, 0.1) is 0 Å². The van der Waals surface area contributed by atoms with E-state index >= 15 is 0 Å². The highest BCUT2D eigenvalue weighted by molar-refractivity contribution is 7.25. The predicted octanol–water partition coefficient (Wildman–Crippen LogP) is 12.5. The first-order valence-electron chi connectivity index (χ1n) is 16.6. The van der Waals surface area contributed by atoms with Crippen molar-refractivity contribution in [2.75, 3.05) is 0 Å². The first-order chi connectivity index (χ1) is 24.8. The van der Waals surface area contributed by atoms with Crippen LogP contribution < -0.4 is 0 Å². The Labute approximate surface area is 292 Å². The lowest BCUT2D eigenvalue weighted by molar-refractivity contribution is 0.669. The van der Waals surface area contributed by atoms with Gasteiger partial charge in [-0.1, -0.05) is 133 Å². The van der Waals surface area contributed by atoms with Gasteiger partial charge in [0.25, 0.3) is 0 Å². The van der Waals surface area contributed by atoms with Gasteiger partial charge >= 0.3 is 0 Å². The third-order valence-corrected chi connectivity index (χ3v) is 10.5. The molecule has 0 N–H and O–H groups in total. The summed E-state index contributed by atoms with van der Waals surface area (Å²) in [5, 5.41) is 4.38. The number of hydrogen-bond donors (Lipinski definition) is 0. The minimum atomic E-state index is 0.608. The molecule has 0 aliphatic heterocycles. The van der Waals surface area contributed by atoms with E-state index in [0.29, 0.717) is 17.5 Å². The maximum Gasteiger partial charge on any atom is 0.164 e. The van der Waals surface area contributed by atoms with Crippen molar-refractivity contribution in [2.24, 2.45) is 0 Å². The molecule has 0 unspecified atom stereocenters. The molecule has 10 rings (SSSR count). The lowest BCUT2D eigenvalue weighted by Crippen LogP contribution is -2.00. The number of furan rings is 1. The molecular weight excluding hydrogens is 631 g/mol. The fraction of sp³-hybridized carbons (Fsp3) is 0. The summed E-state index contributed by atoms with van der Waals surface area (Å²) in [6.07, 6.45) is 0. The summed E-state index contributed by atoms with van der Waals surface area (Å²) in [6.45, 7) is 0. The molecule has 3 heterocycles. The highest BCUT2D eigenvalue weighted by Gasteiger charge is 2.20. The highest BCUT2D eigenvalue weighted by atomic mass is 32.1. The smallest absolute Gasteiger partial charge is 0.164 e. The molecule has 0 aliphatic rings. The van der Waals surface area contributed by atoms with Crippen molar-refractivity contribution < 1.29 is 4.42 Å². The van der Waals surface area contributed by atoms with E-state index in [1.807, 2.05) is 48.5 Å². The lowest BCUT2D eigenvalue weighted by Gasteiger charge is -2.10. The molecule has 7 aromatic carbocycles. The molecule has 0 atom stereocenters. The summed E-state index contributed by atoms with van der Waals surface area (Å²) >= 11 is 1.79. The van der Waals surface area contributed by atoms with E-state index < -0.39 is 0 Å². The number of hydrogen-bond acceptors (Lipinski definition) is 5. The average molecular weight is 658 g/mol. The summed E-state index contributed by atoms with van der Waals surface area (Å²) in [6, 6.07) is 56.8. The van der Waals surface area contributed by atoms with Gasteiger partial charge in [0.05, 0.1) is 0 Å². The summed E-state index contributed by atoms with van der Waals surface area (Å²) in [7, 11) is 0. The van der Waals surface area contributed by atoms with Gasteiger partial charge in [0.1, 0.15) is 11.2 Å². The lowest BCUT2D eigenvalue weighted by atomic mass is 9.98.